The van der Waals surface area contributed by atoms with Crippen LogP contribution in [0.1, 0.15) is 12.5 Å². The number of halogens is 1. The van der Waals surface area contributed by atoms with Crippen molar-refractivity contribution in [3.05, 3.63) is 28.8 Å². The molecule has 1 rings (SSSR count). The Bertz CT molecular complexity index is 412. The molecule has 1 amide bonds. The second-order valence-corrected chi connectivity index (χ2v) is 3.11. The summed E-state index contributed by atoms with van der Waals surface area (Å²) in [7, 11) is 0. The Balaban J connectivity index is 2.88. The molecule has 0 spiro atoms. The van der Waals surface area contributed by atoms with E-state index in [1.165, 1.54) is 12.1 Å². The van der Waals surface area contributed by atoms with Gasteiger partial charge in [0.2, 0.25) is 0 Å². The zero-order chi connectivity index (χ0) is 11.3. The van der Waals surface area contributed by atoms with E-state index in [1.807, 2.05) is 6.07 Å². The Hall–Kier alpha value is -1.73. The van der Waals surface area contributed by atoms with Crippen molar-refractivity contribution in [3.63, 3.8) is 0 Å². The monoisotopic (exact) mass is 224 g/mol. The molecule has 4 nitrogen and oxygen atoms in total. The van der Waals surface area contributed by atoms with Gasteiger partial charge in [-0.15, -0.1) is 0 Å². The van der Waals surface area contributed by atoms with Crippen molar-refractivity contribution in [1.82, 2.24) is 5.32 Å². The molecule has 0 aliphatic heterocycles. The molecule has 0 fully saturated rings. The summed E-state index contributed by atoms with van der Waals surface area (Å²) in [5, 5.41) is 11.6. The van der Waals surface area contributed by atoms with Crippen molar-refractivity contribution in [2.45, 2.75) is 6.92 Å². The molecule has 0 aliphatic rings. The number of benzene rings is 1. The highest BCUT2D eigenvalue weighted by molar-refractivity contribution is 6.30. The van der Waals surface area contributed by atoms with Crippen LogP contribution in [0.3, 0.4) is 0 Å². The van der Waals surface area contributed by atoms with Crippen molar-refractivity contribution in [2.24, 2.45) is 0 Å². The molecule has 0 radical (unpaired) electrons. The molecule has 1 aromatic rings. The lowest BCUT2D eigenvalue weighted by atomic mass is 10.2. The van der Waals surface area contributed by atoms with E-state index >= 15 is 0 Å². The first-order valence-electron chi connectivity index (χ1n) is 4.32. The van der Waals surface area contributed by atoms with Crippen molar-refractivity contribution < 1.29 is 9.53 Å². The molecule has 0 unspecified atom stereocenters. The van der Waals surface area contributed by atoms with Crippen LogP contribution in [0.4, 0.5) is 4.79 Å². The van der Waals surface area contributed by atoms with Crippen molar-refractivity contribution >= 4 is 17.7 Å². The number of rotatable bonds is 2. The van der Waals surface area contributed by atoms with Gasteiger partial charge < -0.3 is 10.1 Å². The fraction of sp³-hybridized carbons (Fsp3) is 0.200. The fourth-order valence-electron chi connectivity index (χ4n) is 0.953. The first-order chi connectivity index (χ1) is 7.17. The lowest BCUT2D eigenvalue weighted by Crippen LogP contribution is -2.26. The second-order valence-electron chi connectivity index (χ2n) is 2.67. The Morgan fingerprint density at radius 1 is 1.67 bits per heavy atom. The Labute approximate surface area is 92.4 Å². The molecule has 0 saturated heterocycles. The molecule has 1 aromatic carbocycles. The highest BCUT2D eigenvalue weighted by Gasteiger charge is 2.08. The Morgan fingerprint density at radius 3 is 3.00 bits per heavy atom. The molecule has 1 N–H and O–H groups in total. The van der Waals surface area contributed by atoms with Gasteiger partial charge in [-0.05, 0) is 19.1 Å². The molecule has 0 aromatic heterocycles. The van der Waals surface area contributed by atoms with Gasteiger partial charge in [-0.1, -0.05) is 11.6 Å². The van der Waals surface area contributed by atoms with Gasteiger partial charge in [-0.2, -0.15) is 5.26 Å². The maximum Gasteiger partial charge on any atom is 0.412 e. The molecule has 15 heavy (non-hydrogen) atoms. The van der Waals surface area contributed by atoms with E-state index in [-0.39, 0.29) is 11.3 Å². The molecular formula is C10H9ClN2O2. The van der Waals surface area contributed by atoms with Gasteiger partial charge >= 0.3 is 6.09 Å². The summed E-state index contributed by atoms with van der Waals surface area (Å²) in [6.07, 6.45) is -0.601. The predicted molar refractivity (Wildman–Crippen MR) is 55.9 cm³/mol. The standard InChI is InChI=1S/C10H9ClN2O2/c1-2-13-10(14)15-9-5-8(11)4-3-7(9)6-12/h3-5H,2H2,1H3,(H,13,14). The zero-order valence-electron chi connectivity index (χ0n) is 8.08. The smallest absolute Gasteiger partial charge is 0.409 e. The third kappa shape index (κ3) is 3.15. The van der Waals surface area contributed by atoms with Crippen LogP contribution >= 0.6 is 11.6 Å². The van der Waals surface area contributed by atoms with E-state index in [9.17, 15) is 4.79 Å². The molecule has 0 aliphatic carbocycles. The Morgan fingerprint density at radius 2 is 2.40 bits per heavy atom. The van der Waals surface area contributed by atoms with Crippen LogP contribution in [-0.2, 0) is 0 Å². The van der Waals surface area contributed by atoms with Crippen LogP contribution in [0, 0.1) is 11.3 Å². The van der Waals surface area contributed by atoms with Crippen LogP contribution in [0.5, 0.6) is 5.75 Å². The fourth-order valence-corrected chi connectivity index (χ4v) is 1.12. The summed E-state index contributed by atoms with van der Waals surface area (Å²) in [4.78, 5) is 11.1. The summed E-state index contributed by atoms with van der Waals surface area (Å²) < 4.78 is 4.90. The number of carbonyl (C=O) groups excluding carboxylic acids is 1. The normalized spacial score (nSPS) is 9.13. The van der Waals surface area contributed by atoms with Gasteiger partial charge in [0.25, 0.3) is 0 Å². The predicted octanol–water partition coefficient (Wildman–Crippen LogP) is 2.32. The lowest BCUT2D eigenvalue weighted by molar-refractivity contribution is 0.201. The number of hydrogen-bond donors (Lipinski definition) is 1. The molecule has 0 heterocycles. The number of nitriles is 1. The Kier molecular flexibility index (Phi) is 3.95. The maximum absolute atomic E-state index is 11.1. The van der Waals surface area contributed by atoms with Gasteiger partial charge in [0.15, 0.2) is 5.75 Å². The lowest BCUT2D eigenvalue weighted by Gasteiger charge is -2.06. The van der Waals surface area contributed by atoms with Gasteiger partial charge in [-0.25, -0.2) is 4.79 Å². The zero-order valence-corrected chi connectivity index (χ0v) is 8.84. The van der Waals surface area contributed by atoms with Crippen LogP contribution in [-0.4, -0.2) is 12.6 Å². The van der Waals surface area contributed by atoms with Crippen LogP contribution in [0.2, 0.25) is 5.02 Å². The first-order valence-corrected chi connectivity index (χ1v) is 4.70. The van der Waals surface area contributed by atoms with E-state index < -0.39 is 6.09 Å². The summed E-state index contributed by atoms with van der Waals surface area (Å²) in [5.41, 5.74) is 0.269. The van der Waals surface area contributed by atoms with Crippen molar-refractivity contribution in [3.8, 4) is 11.8 Å². The summed E-state index contributed by atoms with van der Waals surface area (Å²) in [6.45, 7) is 2.23. The number of amides is 1. The average Bonchev–Trinajstić information content (AvgIpc) is 2.18. The van der Waals surface area contributed by atoms with Crippen LogP contribution in [0.15, 0.2) is 18.2 Å². The second kappa shape index (κ2) is 5.23. The quantitative estimate of drug-likeness (QED) is 0.839. The van der Waals surface area contributed by atoms with E-state index in [4.69, 9.17) is 21.6 Å². The number of nitrogens with one attached hydrogen (secondary N) is 1. The highest BCUT2D eigenvalue weighted by Crippen LogP contribution is 2.22. The van der Waals surface area contributed by atoms with Crippen LogP contribution in [0.25, 0.3) is 0 Å². The largest absolute Gasteiger partial charge is 0.412 e. The van der Waals surface area contributed by atoms with E-state index in [1.54, 1.807) is 13.0 Å². The molecule has 5 heteroatoms. The topological polar surface area (TPSA) is 62.1 Å². The van der Waals surface area contributed by atoms with Gasteiger partial charge in [-0.3, -0.25) is 0 Å². The molecule has 0 bridgehead atoms. The first kappa shape index (κ1) is 11.3. The van der Waals surface area contributed by atoms with E-state index in [0.717, 1.165) is 0 Å². The SMILES string of the molecule is CCNC(=O)Oc1cc(Cl)ccc1C#N. The van der Waals surface area contributed by atoms with Gasteiger partial charge in [0, 0.05) is 17.6 Å². The van der Waals surface area contributed by atoms with Crippen LogP contribution < -0.4 is 10.1 Å². The highest BCUT2D eigenvalue weighted by atomic mass is 35.5. The minimum Gasteiger partial charge on any atom is -0.409 e. The number of nitrogens with zero attached hydrogens (tertiary/aromatic N) is 1. The minimum atomic E-state index is -0.601. The van der Waals surface area contributed by atoms with Crippen molar-refractivity contribution in [2.75, 3.05) is 6.54 Å². The molecule has 78 valence electrons. The van der Waals surface area contributed by atoms with Gasteiger partial charge in [0.1, 0.15) is 6.07 Å². The van der Waals surface area contributed by atoms with Gasteiger partial charge in [0.05, 0.1) is 5.56 Å². The number of ether oxygens (including phenoxy) is 1. The third-order valence-electron chi connectivity index (χ3n) is 1.59. The number of hydrogen-bond acceptors (Lipinski definition) is 3. The minimum absolute atomic E-state index is 0.163. The summed E-state index contributed by atoms with van der Waals surface area (Å²) >= 11 is 5.71. The molecule has 0 atom stereocenters. The van der Waals surface area contributed by atoms with E-state index in [2.05, 4.69) is 5.32 Å². The summed E-state index contributed by atoms with van der Waals surface area (Å²) in [5.74, 6) is 0.163. The van der Waals surface area contributed by atoms with Crippen molar-refractivity contribution in [1.29, 1.82) is 5.26 Å². The van der Waals surface area contributed by atoms with E-state index in [0.29, 0.717) is 11.6 Å². The molecular weight excluding hydrogens is 216 g/mol. The molecule has 0 saturated carbocycles. The average molecular weight is 225 g/mol. The summed E-state index contributed by atoms with van der Waals surface area (Å²) in [6, 6.07) is 6.39. The maximum atomic E-state index is 11.1. The third-order valence-corrected chi connectivity index (χ3v) is 1.82. The number of carbonyl (C=O) groups is 1.